The average molecular weight is 209 g/mol. The average Bonchev–Trinajstić information content (AvgIpc) is 1.94. The van der Waals surface area contributed by atoms with Crippen molar-refractivity contribution >= 4 is 0 Å². The van der Waals surface area contributed by atoms with E-state index in [4.69, 9.17) is 0 Å². The third kappa shape index (κ3) is 5.06. The first-order valence-corrected chi connectivity index (χ1v) is 5.60. The van der Waals surface area contributed by atoms with E-state index in [2.05, 4.69) is 67.3 Å². The highest BCUT2D eigenvalue weighted by atomic mass is 15.0. The molecule has 0 rings (SSSR count). The van der Waals surface area contributed by atoms with Crippen LogP contribution >= 0.6 is 0 Å². The van der Waals surface area contributed by atoms with Crippen molar-refractivity contribution < 1.29 is 0 Å². The van der Waals surface area contributed by atoms with Crippen LogP contribution in [0.2, 0.25) is 0 Å². The van der Waals surface area contributed by atoms with Crippen molar-refractivity contribution in [2.75, 3.05) is 0 Å². The molecular weight excluding hydrogens is 182 g/mol. The van der Waals surface area contributed by atoms with Crippen LogP contribution in [0.25, 0.3) is 0 Å². The predicted octanol–water partition coefficient (Wildman–Crippen LogP) is 4.27. The van der Waals surface area contributed by atoms with Gasteiger partial charge in [-0.3, -0.25) is 0 Å². The largest absolute Gasteiger partial charge is 0.380 e. The summed E-state index contributed by atoms with van der Waals surface area (Å²) in [6.07, 6.45) is 0. The van der Waals surface area contributed by atoms with Gasteiger partial charge >= 0.3 is 0 Å². The minimum Gasteiger partial charge on any atom is -0.380 e. The van der Waals surface area contributed by atoms with Crippen LogP contribution in [-0.2, 0) is 0 Å². The highest BCUT2D eigenvalue weighted by molar-refractivity contribution is 5.35. The van der Waals surface area contributed by atoms with Gasteiger partial charge in [-0.15, -0.1) is 0 Å². The van der Waals surface area contributed by atoms with E-state index in [9.17, 15) is 0 Å². The van der Waals surface area contributed by atoms with Crippen molar-refractivity contribution in [3.05, 3.63) is 23.4 Å². The molecule has 0 amide bonds. The van der Waals surface area contributed by atoms with Gasteiger partial charge in [-0.05, 0) is 45.6 Å². The Morgan fingerprint density at radius 3 is 1.53 bits per heavy atom. The molecule has 1 heteroatoms. The van der Waals surface area contributed by atoms with Crippen LogP contribution < -0.4 is 5.32 Å². The van der Waals surface area contributed by atoms with Crippen LogP contribution in [-0.4, -0.2) is 5.54 Å². The maximum atomic E-state index is 4.21. The molecule has 1 nitrogen and oxygen atoms in total. The van der Waals surface area contributed by atoms with Crippen LogP contribution in [0, 0.1) is 5.41 Å². The maximum absolute atomic E-state index is 4.21. The molecule has 0 aliphatic heterocycles. The lowest BCUT2D eigenvalue weighted by atomic mass is 9.84. The van der Waals surface area contributed by atoms with Crippen molar-refractivity contribution in [2.45, 2.75) is 60.9 Å². The summed E-state index contributed by atoms with van der Waals surface area (Å²) < 4.78 is 0. The molecule has 0 aromatic rings. The molecule has 0 spiro atoms. The second-order valence-corrected chi connectivity index (χ2v) is 6.48. The summed E-state index contributed by atoms with van der Waals surface area (Å²) in [7, 11) is 0. The van der Waals surface area contributed by atoms with Crippen molar-refractivity contribution in [1.82, 2.24) is 5.32 Å². The molecule has 0 radical (unpaired) electrons. The second-order valence-electron chi connectivity index (χ2n) is 6.48. The Kier molecular flexibility index (Phi) is 4.21. The lowest BCUT2D eigenvalue weighted by Gasteiger charge is -2.32. The van der Waals surface area contributed by atoms with E-state index in [0.717, 1.165) is 0 Å². The summed E-state index contributed by atoms with van der Waals surface area (Å²) in [4.78, 5) is 0. The fourth-order valence-electron chi connectivity index (χ4n) is 1.25. The van der Waals surface area contributed by atoms with Crippen molar-refractivity contribution in [3.63, 3.8) is 0 Å². The van der Waals surface area contributed by atoms with Gasteiger partial charge in [0.2, 0.25) is 0 Å². The zero-order chi connectivity index (χ0) is 12.4. The Morgan fingerprint density at radius 1 is 0.933 bits per heavy atom. The summed E-state index contributed by atoms with van der Waals surface area (Å²) in [5.41, 5.74) is 3.88. The number of hydrogen-bond acceptors (Lipinski definition) is 1. The quantitative estimate of drug-likeness (QED) is 0.670. The molecule has 0 heterocycles. The van der Waals surface area contributed by atoms with E-state index in [1.54, 1.807) is 0 Å². The first kappa shape index (κ1) is 14.3. The Hall–Kier alpha value is -0.720. The Balaban J connectivity index is 5.06. The molecule has 0 aromatic carbocycles. The molecule has 0 saturated heterocycles. The van der Waals surface area contributed by atoms with Gasteiger partial charge in [-0.25, -0.2) is 0 Å². The lowest BCUT2D eigenvalue weighted by Crippen LogP contribution is -2.37. The normalized spacial score (nSPS) is 12.3. The molecule has 0 aliphatic carbocycles. The van der Waals surface area contributed by atoms with Crippen LogP contribution in [0.4, 0.5) is 0 Å². The standard InChI is InChI=1S/C14H27N/c1-10(2)12(15-14(7,8)9)11(3)13(4,5)6/h15H,3H2,1-2,4-9H3. The SMILES string of the molecule is C=C(C(NC(C)(C)C)=C(C)C)C(C)(C)C. The van der Waals surface area contributed by atoms with Gasteiger partial charge in [0.05, 0.1) is 0 Å². The summed E-state index contributed by atoms with van der Waals surface area (Å²) in [6.45, 7) is 21.6. The zero-order valence-corrected chi connectivity index (χ0v) is 11.7. The van der Waals surface area contributed by atoms with E-state index in [1.165, 1.54) is 16.8 Å². The fraction of sp³-hybridized carbons (Fsp3) is 0.714. The van der Waals surface area contributed by atoms with Gasteiger partial charge in [0.25, 0.3) is 0 Å². The molecule has 0 atom stereocenters. The lowest BCUT2D eigenvalue weighted by molar-refractivity contribution is 0.443. The number of nitrogens with one attached hydrogen (secondary N) is 1. The van der Waals surface area contributed by atoms with Gasteiger partial charge in [-0.1, -0.05) is 32.9 Å². The fourth-order valence-corrected chi connectivity index (χ4v) is 1.25. The van der Waals surface area contributed by atoms with Crippen LogP contribution in [0.3, 0.4) is 0 Å². The van der Waals surface area contributed by atoms with Crippen LogP contribution in [0.5, 0.6) is 0 Å². The Labute approximate surface area is 95.7 Å². The van der Waals surface area contributed by atoms with Gasteiger partial charge < -0.3 is 5.32 Å². The van der Waals surface area contributed by atoms with Gasteiger partial charge in [0.15, 0.2) is 0 Å². The Morgan fingerprint density at radius 2 is 1.33 bits per heavy atom. The van der Waals surface area contributed by atoms with Crippen molar-refractivity contribution in [1.29, 1.82) is 0 Å². The van der Waals surface area contributed by atoms with Crippen LogP contribution in [0.15, 0.2) is 23.4 Å². The highest BCUT2D eigenvalue weighted by Gasteiger charge is 2.22. The molecule has 1 N–H and O–H groups in total. The molecule has 0 bridgehead atoms. The third-order valence-electron chi connectivity index (χ3n) is 2.21. The van der Waals surface area contributed by atoms with E-state index < -0.39 is 0 Å². The molecule has 0 unspecified atom stereocenters. The topological polar surface area (TPSA) is 12.0 Å². The summed E-state index contributed by atoms with van der Waals surface area (Å²) in [5, 5.41) is 3.54. The van der Waals surface area contributed by atoms with Gasteiger partial charge in [0.1, 0.15) is 0 Å². The van der Waals surface area contributed by atoms with Crippen LogP contribution in [0.1, 0.15) is 55.4 Å². The molecule has 15 heavy (non-hydrogen) atoms. The summed E-state index contributed by atoms with van der Waals surface area (Å²) in [5.74, 6) is 0. The first-order valence-electron chi connectivity index (χ1n) is 5.60. The van der Waals surface area contributed by atoms with Gasteiger partial charge in [0, 0.05) is 11.2 Å². The molecule has 88 valence electrons. The predicted molar refractivity (Wildman–Crippen MR) is 69.9 cm³/mol. The summed E-state index contributed by atoms with van der Waals surface area (Å²) >= 11 is 0. The van der Waals surface area contributed by atoms with Crippen molar-refractivity contribution in [2.24, 2.45) is 5.41 Å². The smallest absolute Gasteiger partial charge is 0.0362 e. The van der Waals surface area contributed by atoms with E-state index >= 15 is 0 Å². The first-order chi connectivity index (χ1) is 6.45. The summed E-state index contributed by atoms with van der Waals surface area (Å²) in [6, 6.07) is 0. The zero-order valence-electron chi connectivity index (χ0n) is 11.7. The molecule has 0 aromatic heterocycles. The van der Waals surface area contributed by atoms with E-state index in [0.29, 0.717) is 0 Å². The maximum Gasteiger partial charge on any atom is 0.0362 e. The highest BCUT2D eigenvalue weighted by Crippen LogP contribution is 2.30. The van der Waals surface area contributed by atoms with E-state index in [-0.39, 0.29) is 11.0 Å². The van der Waals surface area contributed by atoms with Gasteiger partial charge in [-0.2, -0.15) is 0 Å². The van der Waals surface area contributed by atoms with E-state index in [1.807, 2.05) is 0 Å². The minimum absolute atomic E-state index is 0.0841. The molecule has 0 aliphatic rings. The molecular formula is C14H27N. The number of allylic oxidation sites excluding steroid dienone is 2. The monoisotopic (exact) mass is 209 g/mol. The molecule has 0 saturated carbocycles. The number of rotatable bonds is 2. The van der Waals surface area contributed by atoms with Crippen molar-refractivity contribution in [3.8, 4) is 0 Å². The third-order valence-corrected chi connectivity index (χ3v) is 2.21. The Bertz CT molecular complexity index is 265. The minimum atomic E-state index is 0.0841. The molecule has 0 fully saturated rings. The second kappa shape index (κ2) is 4.42. The number of hydrogen-bond donors (Lipinski definition) is 1.